The number of aromatic nitrogens is 2. The van der Waals surface area contributed by atoms with Gasteiger partial charge in [0.25, 0.3) is 0 Å². The predicted octanol–water partition coefficient (Wildman–Crippen LogP) is 4.22. The highest BCUT2D eigenvalue weighted by Gasteiger charge is 2.10. The fourth-order valence-corrected chi connectivity index (χ4v) is 2.36. The van der Waals surface area contributed by atoms with Crippen LogP contribution in [0.4, 0.5) is 0 Å². The Kier molecular flexibility index (Phi) is 4.10. The Hall–Kier alpha value is -2.42. The molecular formula is C18H18N2O. The molecule has 0 aliphatic rings. The number of hydrogen-bond donors (Lipinski definition) is 0. The molecule has 0 saturated carbocycles. The molecule has 3 rings (SSSR count). The molecule has 2 aromatic carbocycles. The second kappa shape index (κ2) is 6.35. The van der Waals surface area contributed by atoms with Gasteiger partial charge in [-0.25, -0.2) is 0 Å². The van der Waals surface area contributed by atoms with Crippen LogP contribution in [-0.2, 0) is 12.8 Å². The summed E-state index contributed by atoms with van der Waals surface area (Å²) in [5.74, 6) is 1.33. The molecule has 0 saturated heterocycles. The van der Waals surface area contributed by atoms with Gasteiger partial charge in [0.05, 0.1) is 0 Å². The highest BCUT2D eigenvalue weighted by atomic mass is 16.4. The smallest absolute Gasteiger partial charge is 0.247 e. The maximum absolute atomic E-state index is 5.77. The van der Waals surface area contributed by atoms with E-state index in [9.17, 15) is 0 Å². The largest absolute Gasteiger partial charge is 0.421 e. The third-order valence-corrected chi connectivity index (χ3v) is 3.54. The first-order chi connectivity index (χ1) is 10.3. The zero-order valence-corrected chi connectivity index (χ0v) is 12.1. The summed E-state index contributed by atoms with van der Waals surface area (Å²) in [7, 11) is 0. The number of rotatable bonds is 5. The fourth-order valence-electron chi connectivity index (χ4n) is 2.36. The summed E-state index contributed by atoms with van der Waals surface area (Å²) in [5, 5.41) is 8.30. The van der Waals surface area contributed by atoms with Gasteiger partial charge in [-0.05, 0) is 37.0 Å². The molecule has 0 bridgehead atoms. The van der Waals surface area contributed by atoms with E-state index in [1.165, 1.54) is 5.56 Å². The normalized spacial score (nSPS) is 10.7. The van der Waals surface area contributed by atoms with Gasteiger partial charge in [0.15, 0.2) is 0 Å². The van der Waals surface area contributed by atoms with E-state index in [-0.39, 0.29) is 0 Å². The molecule has 0 radical (unpaired) electrons. The quantitative estimate of drug-likeness (QED) is 0.701. The monoisotopic (exact) mass is 278 g/mol. The Morgan fingerprint density at radius 3 is 2.43 bits per heavy atom. The molecule has 3 heteroatoms. The van der Waals surface area contributed by atoms with Gasteiger partial charge in [0.2, 0.25) is 11.8 Å². The summed E-state index contributed by atoms with van der Waals surface area (Å²) >= 11 is 0. The maximum Gasteiger partial charge on any atom is 0.247 e. The van der Waals surface area contributed by atoms with Gasteiger partial charge in [0, 0.05) is 12.0 Å². The second-order valence-electron chi connectivity index (χ2n) is 5.16. The van der Waals surface area contributed by atoms with Crippen molar-refractivity contribution in [2.24, 2.45) is 0 Å². The van der Waals surface area contributed by atoms with Gasteiger partial charge in [-0.1, -0.05) is 48.5 Å². The molecule has 0 aliphatic carbocycles. The van der Waals surface area contributed by atoms with E-state index in [4.69, 9.17) is 4.42 Å². The minimum Gasteiger partial charge on any atom is -0.421 e. The Morgan fingerprint density at radius 1 is 0.857 bits per heavy atom. The summed E-state index contributed by atoms with van der Waals surface area (Å²) in [6.07, 6.45) is 2.86. The molecule has 21 heavy (non-hydrogen) atoms. The van der Waals surface area contributed by atoms with Crippen molar-refractivity contribution in [1.29, 1.82) is 0 Å². The molecule has 106 valence electrons. The number of nitrogens with zero attached hydrogens (tertiary/aromatic N) is 2. The van der Waals surface area contributed by atoms with E-state index in [2.05, 4.69) is 47.5 Å². The van der Waals surface area contributed by atoms with Gasteiger partial charge in [0.1, 0.15) is 0 Å². The van der Waals surface area contributed by atoms with Crippen LogP contribution in [0.1, 0.15) is 23.4 Å². The van der Waals surface area contributed by atoms with Crippen molar-refractivity contribution in [2.75, 3.05) is 0 Å². The number of aryl methyl sites for hydroxylation is 3. The van der Waals surface area contributed by atoms with Crippen LogP contribution in [0.15, 0.2) is 59.0 Å². The Bertz CT molecular complexity index is 704. The fraction of sp³-hybridized carbons (Fsp3) is 0.222. The minimum absolute atomic E-state index is 0.614. The van der Waals surface area contributed by atoms with Gasteiger partial charge < -0.3 is 4.42 Å². The Morgan fingerprint density at radius 2 is 1.62 bits per heavy atom. The first-order valence-corrected chi connectivity index (χ1v) is 7.25. The molecule has 3 nitrogen and oxygen atoms in total. The highest BCUT2D eigenvalue weighted by molar-refractivity contribution is 5.57. The molecule has 0 amide bonds. The molecule has 3 aromatic rings. The molecule has 0 fully saturated rings. The van der Waals surface area contributed by atoms with Crippen LogP contribution in [0.25, 0.3) is 11.5 Å². The molecular weight excluding hydrogens is 260 g/mol. The van der Waals surface area contributed by atoms with Crippen LogP contribution in [0.2, 0.25) is 0 Å². The van der Waals surface area contributed by atoms with Crippen LogP contribution < -0.4 is 0 Å². The van der Waals surface area contributed by atoms with Crippen LogP contribution in [-0.4, -0.2) is 10.2 Å². The molecule has 1 aromatic heterocycles. The second-order valence-corrected chi connectivity index (χ2v) is 5.16. The van der Waals surface area contributed by atoms with Crippen LogP contribution in [0.5, 0.6) is 0 Å². The van der Waals surface area contributed by atoms with Gasteiger partial charge in [-0.3, -0.25) is 0 Å². The lowest BCUT2D eigenvalue weighted by atomic mass is 10.1. The topological polar surface area (TPSA) is 38.9 Å². The Labute approximate surface area is 124 Å². The molecule has 0 N–H and O–H groups in total. The number of hydrogen-bond acceptors (Lipinski definition) is 3. The van der Waals surface area contributed by atoms with E-state index in [1.54, 1.807) is 0 Å². The summed E-state index contributed by atoms with van der Waals surface area (Å²) in [6.45, 7) is 2.05. The Balaban J connectivity index is 1.62. The van der Waals surface area contributed by atoms with Crippen LogP contribution in [0.3, 0.4) is 0 Å². The first kappa shape index (κ1) is 13.6. The summed E-state index contributed by atoms with van der Waals surface area (Å²) in [6, 6.07) is 18.5. The zero-order chi connectivity index (χ0) is 14.5. The summed E-state index contributed by atoms with van der Waals surface area (Å²) in [5.41, 5.74) is 3.51. The third kappa shape index (κ3) is 3.37. The van der Waals surface area contributed by atoms with Crippen molar-refractivity contribution in [3.8, 4) is 11.5 Å². The van der Waals surface area contributed by atoms with Gasteiger partial charge in [-0.15, -0.1) is 10.2 Å². The van der Waals surface area contributed by atoms with Crippen molar-refractivity contribution >= 4 is 0 Å². The van der Waals surface area contributed by atoms with Crippen LogP contribution >= 0.6 is 0 Å². The highest BCUT2D eigenvalue weighted by Crippen LogP contribution is 2.22. The van der Waals surface area contributed by atoms with Crippen molar-refractivity contribution in [3.05, 3.63) is 71.6 Å². The SMILES string of the molecule is Cc1ccccc1-c1nnc(CCCc2ccccc2)o1. The average Bonchev–Trinajstić information content (AvgIpc) is 2.97. The van der Waals surface area contributed by atoms with Crippen LogP contribution in [0, 0.1) is 6.92 Å². The minimum atomic E-state index is 0.614. The molecule has 0 spiro atoms. The summed E-state index contributed by atoms with van der Waals surface area (Å²) in [4.78, 5) is 0. The van der Waals surface area contributed by atoms with E-state index in [1.807, 2.05) is 24.3 Å². The molecule has 1 heterocycles. The van der Waals surface area contributed by atoms with E-state index < -0.39 is 0 Å². The third-order valence-electron chi connectivity index (χ3n) is 3.54. The summed E-state index contributed by atoms with van der Waals surface area (Å²) < 4.78 is 5.77. The van der Waals surface area contributed by atoms with E-state index in [0.29, 0.717) is 11.8 Å². The van der Waals surface area contributed by atoms with Crippen molar-refractivity contribution in [3.63, 3.8) is 0 Å². The molecule has 0 atom stereocenters. The lowest BCUT2D eigenvalue weighted by Gasteiger charge is -1.99. The standard InChI is InChI=1S/C18H18N2O/c1-14-8-5-6-12-16(14)18-20-19-17(21-18)13-7-11-15-9-3-2-4-10-15/h2-6,8-10,12H,7,11,13H2,1H3. The van der Waals surface area contributed by atoms with Crippen molar-refractivity contribution in [1.82, 2.24) is 10.2 Å². The van der Waals surface area contributed by atoms with E-state index >= 15 is 0 Å². The molecule has 0 aliphatic heterocycles. The predicted molar refractivity (Wildman–Crippen MR) is 82.9 cm³/mol. The maximum atomic E-state index is 5.77. The van der Waals surface area contributed by atoms with Gasteiger partial charge in [-0.2, -0.15) is 0 Å². The lowest BCUT2D eigenvalue weighted by Crippen LogP contribution is -1.90. The average molecular weight is 278 g/mol. The van der Waals surface area contributed by atoms with Gasteiger partial charge >= 0.3 is 0 Å². The van der Waals surface area contributed by atoms with Crippen molar-refractivity contribution in [2.45, 2.75) is 26.2 Å². The molecule has 0 unspecified atom stereocenters. The van der Waals surface area contributed by atoms with Crippen molar-refractivity contribution < 1.29 is 4.42 Å². The number of benzene rings is 2. The zero-order valence-electron chi connectivity index (χ0n) is 12.1. The first-order valence-electron chi connectivity index (χ1n) is 7.25. The van der Waals surface area contributed by atoms with E-state index in [0.717, 1.165) is 30.4 Å². The lowest BCUT2D eigenvalue weighted by molar-refractivity contribution is 0.497.